The van der Waals surface area contributed by atoms with Gasteiger partial charge in [-0.1, -0.05) is 0 Å². The molecular weight excluding hydrogens is 256 g/mol. The Hall–Kier alpha value is -2.82. The molecule has 2 rings (SSSR count). The van der Waals surface area contributed by atoms with Crippen molar-refractivity contribution >= 4 is 23.3 Å². The molecule has 0 aromatic heterocycles. The maximum Gasteiger partial charge on any atom is 0.337 e. The molecule has 0 aliphatic rings. The van der Waals surface area contributed by atoms with Crippen LogP contribution in [0.1, 0.15) is 20.7 Å². The van der Waals surface area contributed by atoms with Crippen LogP contribution in [0.15, 0.2) is 48.5 Å². The zero-order chi connectivity index (χ0) is 14.5. The summed E-state index contributed by atoms with van der Waals surface area (Å²) in [4.78, 5) is 23.3. The first-order valence-electron chi connectivity index (χ1n) is 5.95. The van der Waals surface area contributed by atoms with Gasteiger partial charge in [-0.05, 0) is 48.5 Å². The number of methoxy groups -OCH3 is 1. The summed E-state index contributed by atoms with van der Waals surface area (Å²) < 4.78 is 4.59. The molecule has 0 aliphatic heterocycles. The van der Waals surface area contributed by atoms with Crippen molar-refractivity contribution in [3.8, 4) is 0 Å². The lowest BCUT2D eigenvalue weighted by Gasteiger charge is -2.06. The van der Waals surface area contributed by atoms with Gasteiger partial charge in [0, 0.05) is 16.9 Å². The van der Waals surface area contributed by atoms with Crippen molar-refractivity contribution in [2.24, 2.45) is 0 Å². The molecule has 0 radical (unpaired) electrons. The van der Waals surface area contributed by atoms with Crippen molar-refractivity contribution in [1.82, 2.24) is 0 Å². The Labute approximate surface area is 116 Å². The van der Waals surface area contributed by atoms with Crippen LogP contribution in [0.3, 0.4) is 0 Å². The van der Waals surface area contributed by atoms with Crippen LogP contribution in [0, 0.1) is 0 Å². The second kappa shape index (κ2) is 5.88. The predicted molar refractivity (Wildman–Crippen MR) is 76.6 cm³/mol. The monoisotopic (exact) mass is 270 g/mol. The van der Waals surface area contributed by atoms with E-state index in [9.17, 15) is 9.59 Å². The minimum Gasteiger partial charge on any atom is -0.465 e. The number of anilines is 2. The van der Waals surface area contributed by atoms with E-state index in [1.165, 1.54) is 7.11 Å². The second-order valence-electron chi connectivity index (χ2n) is 4.15. The van der Waals surface area contributed by atoms with Crippen LogP contribution in [-0.2, 0) is 4.74 Å². The van der Waals surface area contributed by atoms with Gasteiger partial charge in [0.1, 0.15) is 0 Å². The molecule has 20 heavy (non-hydrogen) atoms. The fraction of sp³-hybridized carbons (Fsp3) is 0.0667. The fourth-order valence-electron chi connectivity index (χ4n) is 1.65. The van der Waals surface area contributed by atoms with E-state index < -0.39 is 5.97 Å². The quantitative estimate of drug-likeness (QED) is 0.662. The molecule has 2 aromatic carbocycles. The fourth-order valence-corrected chi connectivity index (χ4v) is 1.65. The van der Waals surface area contributed by atoms with Crippen LogP contribution in [0.2, 0.25) is 0 Å². The Kier molecular flexibility index (Phi) is 4.00. The van der Waals surface area contributed by atoms with Crippen molar-refractivity contribution in [1.29, 1.82) is 0 Å². The number of benzene rings is 2. The molecule has 0 aliphatic carbocycles. The smallest absolute Gasteiger partial charge is 0.337 e. The van der Waals surface area contributed by atoms with E-state index in [0.29, 0.717) is 22.5 Å². The maximum absolute atomic E-state index is 12.0. The van der Waals surface area contributed by atoms with E-state index in [1.807, 2.05) is 0 Å². The number of nitrogen functional groups attached to an aromatic ring is 1. The number of esters is 1. The molecule has 0 saturated carbocycles. The molecule has 5 heteroatoms. The molecule has 0 unspecified atom stereocenters. The highest BCUT2D eigenvalue weighted by molar-refractivity contribution is 6.04. The highest BCUT2D eigenvalue weighted by atomic mass is 16.5. The Morgan fingerprint density at radius 3 is 2.05 bits per heavy atom. The van der Waals surface area contributed by atoms with Gasteiger partial charge in [-0.3, -0.25) is 4.79 Å². The Bertz CT molecular complexity index is 619. The van der Waals surface area contributed by atoms with Crippen LogP contribution < -0.4 is 11.1 Å². The number of nitrogens with one attached hydrogen (secondary N) is 1. The Morgan fingerprint density at radius 2 is 1.50 bits per heavy atom. The zero-order valence-corrected chi connectivity index (χ0v) is 10.9. The summed E-state index contributed by atoms with van der Waals surface area (Å²) in [6.07, 6.45) is 0. The summed E-state index contributed by atoms with van der Waals surface area (Å²) in [5, 5.41) is 2.74. The van der Waals surface area contributed by atoms with Gasteiger partial charge in [0.2, 0.25) is 0 Å². The van der Waals surface area contributed by atoms with Gasteiger partial charge in [0.15, 0.2) is 0 Å². The van der Waals surface area contributed by atoms with Crippen LogP contribution in [0.25, 0.3) is 0 Å². The number of carbonyl (C=O) groups is 2. The third-order valence-corrected chi connectivity index (χ3v) is 2.74. The molecular formula is C15H14N2O3. The van der Waals surface area contributed by atoms with E-state index >= 15 is 0 Å². The number of hydrogen-bond acceptors (Lipinski definition) is 4. The number of amides is 1. The van der Waals surface area contributed by atoms with Gasteiger partial charge in [-0.25, -0.2) is 4.79 Å². The van der Waals surface area contributed by atoms with Crippen molar-refractivity contribution in [2.75, 3.05) is 18.2 Å². The minimum atomic E-state index is -0.435. The number of rotatable bonds is 3. The van der Waals surface area contributed by atoms with Crippen LogP contribution in [-0.4, -0.2) is 19.0 Å². The molecule has 102 valence electrons. The van der Waals surface area contributed by atoms with E-state index in [1.54, 1.807) is 48.5 Å². The van der Waals surface area contributed by atoms with Crippen LogP contribution in [0.4, 0.5) is 11.4 Å². The molecule has 0 spiro atoms. The van der Waals surface area contributed by atoms with Crippen molar-refractivity contribution in [3.05, 3.63) is 59.7 Å². The lowest BCUT2D eigenvalue weighted by atomic mass is 10.1. The number of hydrogen-bond donors (Lipinski definition) is 2. The highest BCUT2D eigenvalue weighted by Gasteiger charge is 2.09. The van der Waals surface area contributed by atoms with Crippen molar-refractivity contribution in [3.63, 3.8) is 0 Å². The summed E-state index contributed by atoms with van der Waals surface area (Å²) in [5.74, 6) is -0.693. The Morgan fingerprint density at radius 1 is 0.950 bits per heavy atom. The van der Waals surface area contributed by atoms with Crippen molar-refractivity contribution in [2.45, 2.75) is 0 Å². The normalized spacial score (nSPS) is 9.85. The van der Waals surface area contributed by atoms with Gasteiger partial charge >= 0.3 is 5.97 Å². The molecule has 0 fully saturated rings. The number of ether oxygens (including phenoxy) is 1. The topological polar surface area (TPSA) is 81.4 Å². The maximum atomic E-state index is 12.0. The van der Waals surface area contributed by atoms with Gasteiger partial charge < -0.3 is 15.8 Å². The lowest BCUT2D eigenvalue weighted by Crippen LogP contribution is -2.12. The van der Waals surface area contributed by atoms with Crippen molar-refractivity contribution < 1.29 is 14.3 Å². The average molecular weight is 270 g/mol. The molecule has 1 amide bonds. The standard InChI is InChI=1S/C15H14N2O3/c1-20-15(19)11-4-2-10(3-5-11)14(18)17-13-8-6-12(16)7-9-13/h2-9H,16H2,1H3,(H,17,18). The van der Waals surface area contributed by atoms with Crippen LogP contribution in [0.5, 0.6) is 0 Å². The van der Waals surface area contributed by atoms with Crippen LogP contribution >= 0.6 is 0 Å². The summed E-state index contributed by atoms with van der Waals surface area (Å²) in [6.45, 7) is 0. The predicted octanol–water partition coefficient (Wildman–Crippen LogP) is 2.31. The van der Waals surface area contributed by atoms with E-state index in [2.05, 4.69) is 10.1 Å². The molecule has 0 saturated heterocycles. The molecule has 0 atom stereocenters. The highest BCUT2D eigenvalue weighted by Crippen LogP contribution is 2.13. The summed E-state index contributed by atoms with van der Waals surface area (Å²) >= 11 is 0. The van der Waals surface area contributed by atoms with E-state index in [-0.39, 0.29) is 5.91 Å². The molecule has 5 nitrogen and oxygen atoms in total. The van der Waals surface area contributed by atoms with E-state index in [0.717, 1.165) is 0 Å². The van der Waals surface area contributed by atoms with Gasteiger partial charge in [-0.2, -0.15) is 0 Å². The van der Waals surface area contributed by atoms with E-state index in [4.69, 9.17) is 5.73 Å². The Balaban J connectivity index is 2.09. The summed E-state index contributed by atoms with van der Waals surface area (Å²) in [7, 11) is 1.31. The zero-order valence-electron chi connectivity index (χ0n) is 10.9. The van der Waals surface area contributed by atoms with Gasteiger partial charge in [-0.15, -0.1) is 0 Å². The SMILES string of the molecule is COC(=O)c1ccc(C(=O)Nc2ccc(N)cc2)cc1. The first kappa shape index (κ1) is 13.6. The molecule has 0 bridgehead atoms. The first-order chi connectivity index (χ1) is 9.60. The third-order valence-electron chi connectivity index (χ3n) is 2.74. The van der Waals surface area contributed by atoms with Gasteiger partial charge in [0.05, 0.1) is 12.7 Å². The second-order valence-corrected chi connectivity index (χ2v) is 4.15. The number of carbonyl (C=O) groups excluding carboxylic acids is 2. The summed E-state index contributed by atoms with van der Waals surface area (Å²) in [6, 6.07) is 13.1. The molecule has 3 N–H and O–H groups in total. The minimum absolute atomic E-state index is 0.258. The number of nitrogens with two attached hydrogens (primary N) is 1. The molecule has 0 heterocycles. The first-order valence-corrected chi connectivity index (χ1v) is 5.95. The molecule has 2 aromatic rings. The third kappa shape index (κ3) is 3.14. The largest absolute Gasteiger partial charge is 0.465 e. The summed E-state index contributed by atoms with van der Waals surface area (Å²) in [5.41, 5.74) is 7.71. The lowest BCUT2D eigenvalue weighted by molar-refractivity contribution is 0.0600. The van der Waals surface area contributed by atoms with Gasteiger partial charge in [0.25, 0.3) is 5.91 Å². The average Bonchev–Trinajstić information content (AvgIpc) is 2.49.